The first kappa shape index (κ1) is 19.9. The second-order valence-corrected chi connectivity index (χ2v) is 5.41. The number of carbonyl (C=O) groups is 1. The monoisotopic (exact) mass is 350 g/mol. The van der Waals surface area contributed by atoms with E-state index >= 15 is 0 Å². The van der Waals surface area contributed by atoms with E-state index in [4.69, 9.17) is 0 Å². The summed E-state index contributed by atoms with van der Waals surface area (Å²) in [6, 6.07) is 11.0. The number of likely N-dealkylation sites (N-methyl/N-ethyl adjacent to an activating group) is 1. The maximum absolute atomic E-state index is 12.3. The van der Waals surface area contributed by atoms with E-state index in [0.29, 0.717) is 12.2 Å². The van der Waals surface area contributed by atoms with Crippen LogP contribution >= 0.6 is 12.4 Å². The van der Waals surface area contributed by atoms with Gasteiger partial charge in [0.1, 0.15) is 0 Å². The molecule has 0 aliphatic carbocycles. The molecule has 0 radical (unpaired) electrons. The Morgan fingerprint density at radius 1 is 1.29 bits per heavy atom. The van der Waals surface area contributed by atoms with Crippen molar-refractivity contribution in [3.05, 3.63) is 58.0 Å². The molecule has 1 aromatic heterocycles. The maximum atomic E-state index is 12.3. The summed E-state index contributed by atoms with van der Waals surface area (Å²) in [4.78, 5) is 24.3. The van der Waals surface area contributed by atoms with Crippen molar-refractivity contribution in [3.8, 4) is 5.69 Å². The predicted molar refractivity (Wildman–Crippen MR) is 97.3 cm³/mol. The predicted octanol–water partition coefficient (Wildman–Crippen LogP) is 1.69. The van der Waals surface area contributed by atoms with Crippen LogP contribution in [0, 0.1) is 6.92 Å². The lowest BCUT2D eigenvalue weighted by Gasteiger charge is -2.14. The van der Waals surface area contributed by atoms with Gasteiger partial charge in [0.05, 0.1) is 5.69 Å². The molecule has 2 N–H and O–H groups in total. The van der Waals surface area contributed by atoms with Crippen LogP contribution in [0.15, 0.2) is 41.2 Å². The third kappa shape index (κ3) is 4.91. The Labute approximate surface area is 147 Å². The van der Waals surface area contributed by atoms with Gasteiger partial charge in [-0.05, 0) is 32.5 Å². The molecular weight excluding hydrogens is 328 g/mol. The number of para-hydroxylation sites is 1. The molecule has 0 unspecified atom stereocenters. The number of carbonyl (C=O) groups excluding carboxylic acids is 1. The zero-order valence-corrected chi connectivity index (χ0v) is 14.9. The molecule has 24 heavy (non-hydrogen) atoms. The van der Waals surface area contributed by atoms with Crippen molar-refractivity contribution in [1.82, 2.24) is 20.4 Å². The Morgan fingerprint density at radius 3 is 2.58 bits per heavy atom. The topological polar surface area (TPSA) is 76.0 Å². The van der Waals surface area contributed by atoms with Crippen LogP contribution in [-0.4, -0.2) is 34.8 Å². The van der Waals surface area contributed by atoms with Crippen molar-refractivity contribution < 1.29 is 4.79 Å². The van der Waals surface area contributed by atoms with Crippen LogP contribution in [-0.2, 0) is 0 Å². The van der Waals surface area contributed by atoms with Gasteiger partial charge in [-0.15, -0.1) is 12.4 Å². The van der Waals surface area contributed by atoms with Gasteiger partial charge < -0.3 is 10.6 Å². The van der Waals surface area contributed by atoms with Crippen LogP contribution in [0.3, 0.4) is 0 Å². The summed E-state index contributed by atoms with van der Waals surface area (Å²) in [5.41, 5.74) is 1.02. The second-order valence-electron chi connectivity index (χ2n) is 5.41. The molecule has 0 bridgehead atoms. The lowest BCUT2D eigenvalue weighted by molar-refractivity contribution is 0.0942. The van der Waals surface area contributed by atoms with Gasteiger partial charge in [-0.3, -0.25) is 9.59 Å². The van der Waals surface area contributed by atoms with E-state index in [2.05, 4.69) is 15.7 Å². The number of hydrogen-bond donors (Lipinski definition) is 2. The highest BCUT2D eigenvalue weighted by Gasteiger charge is 2.15. The smallest absolute Gasteiger partial charge is 0.275 e. The van der Waals surface area contributed by atoms with Gasteiger partial charge in [-0.2, -0.15) is 5.10 Å². The highest BCUT2D eigenvalue weighted by Crippen LogP contribution is 2.07. The molecule has 1 atom stereocenters. The third-order valence-electron chi connectivity index (χ3n) is 3.44. The van der Waals surface area contributed by atoms with Gasteiger partial charge in [0.2, 0.25) is 5.43 Å². The van der Waals surface area contributed by atoms with E-state index in [1.807, 2.05) is 44.2 Å². The van der Waals surface area contributed by atoms with Gasteiger partial charge in [-0.1, -0.05) is 25.1 Å². The first-order valence-electron chi connectivity index (χ1n) is 7.71. The summed E-state index contributed by atoms with van der Waals surface area (Å²) in [5.74, 6) is -0.454. The summed E-state index contributed by atoms with van der Waals surface area (Å²) in [7, 11) is 0. The van der Waals surface area contributed by atoms with E-state index in [9.17, 15) is 9.59 Å². The molecule has 0 aliphatic rings. The Balaban J connectivity index is 0.00000288. The Kier molecular flexibility index (Phi) is 7.61. The number of aromatic nitrogens is 2. The first-order valence-corrected chi connectivity index (χ1v) is 7.71. The standard InChI is InChI=1S/C17H22N4O2.ClH/c1-4-18-12(2)11-19-17(23)16-15(22)10-13(3)21(20-16)14-8-6-5-7-9-14;/h5-10,12,18H,4,11H2,1-3H3,(H,19,23);1H/t12-;/m1./s1. The molecule has 6 nitrogen and oxygen atoms in total. The molecule has 1 heterocycles. The van der Waals surface area contributed by atoms with Gasteiger partial charge in [-0.25, -0.2) is 4.68 Å². The highest BCUT2D eigenvalue weighted by atomic mass is 35.5. The Hall–Kier alpha value is -2.18. The summed E-state index contributed by atoms with van der Waals surface area (Å²) in [6.45, 7) is 7.01. The molecule has 0 fully saturated rings. The van der Waals surface area contributed by atoms with Crippen LogP contribution in [0.4, 0.5) is 0 Å². The summed E-state index contributed by atoms with van der Waals surface area (Å²) in [6.07, 6.45) is 0. The molecule has 1 amide bonds. The van der Waals surface area contributed by atoms with Crippen molar-refractivity contribution >= 4 is 18.3 Å². The number of hydrogen-bond acceptors (Lipinski definition) is 4. The molecule has 0 saturated heterocycles. The number of benzene rings is 1. The largest absolute Gasteiger partial charge is 0.349 e. The minimum atomic E-state index is -0.454. The normalized spacial score (nSPS) is 11.5. The van der Waals surface area contributed by atoms with Gasteiger partial charge in [0.15, 0.2) is 5.69 Å². The molecule has 130 valence electrons. The fourth-order valence-electron chi connectivity index (χ4n) is 2.29. The van der Waals surface area contributed by atoms with Crippen molar-refractivity contribution in [2.45, 2.75) is 26.8 Å². The fourth-order valence-corrected chi connectivity index (χ4v) is 2.29. The molecule has 2 rings (SSSR count). The molecule has 1 aromatic carbocycles. The molecule has 0 saturated carbocycles. The minimum Gasteiger partial charge on any atom is -0.349 e. The van der Waals surface area contributed by atoms with Crippen LogP contribution < -0.4 is 16.1 Å². The average Bonchev–Trinajstić information content (AvgIpc) is 2.54. The van der Waals surface area contributed by atoms with Crippen LogP contribution in [0.5, 0.6) is 0 Å². The number of halogens is 1. The molecule has 0 aliphatic heterocycles. The van der Waals surface area contributed by atoms with Crippen LogP contribution in [0.25, 0.3) is 5.69 Å². The molecular formula is C17H23ClN4O2. The number of nitrogens with zero attached hydrogens (tertiary/aromatic N) is 2. The van der Waals surface area contributed by atoms with Crippen LogP contribution in [0.2, 0.25) is 0 Å². The van der Waals surface area contributed by atoms with Gasteiger partial charge in [0.25, 0.3) is 5.91 Å². The lowest BCUT2D eigenvalue weighted by Crippen LogP contribution is -2.40. The fraction of sp³-hybridized carbons (Fsp3) is 0.353. The zero-order chi connectivity index (χ0) is 16.8. The van der Waals surface area contributed by atoms with Crippen LogP contribution in [0.1, 0.15) is 30.0 Å². The number of nitrogens with one attached hydrogen (secondary N) is 2. The van der Waals surface area contributed by atoms with Crippen molar-refractivity contribution in [1.29, 1.82) is 0 Å². The Morgan fingerprint density at radius 2 is 1.96 bits per heavy atom. The minimum absolute atomic E-state index is 0. The molecule has 7 heteroatoms. The Bertz CT molecular complexity index is 731. The summed E-state index contributed by atoms with van der Waals surface area (Å²) in [5, 5.41) is 10.2. The van der Waals surface area contributed by atoms with Crippen molar-refractivity contribution in [2.75, 3.05) is 13.1 Å². The second kappa shape index (κ2) is 9.20. The van der Waals surface area contributed by atoms with E-state index < -0.39 is 5.91 Å². The van der Waals surface area contributed by atoms with Gasteiger partial charge in [0, 0.05) is 24.3 Å². The first-order chi connectivity index (χ1) is 11.0. The molecule has 0 spiro atoms. The quantitative estimate of drug-likeness (QED) is 0.831. The average molecular weight is 351 g/mol. The van der Waals surface area contributed by atoms with E-state index in [-0.39, 0.29) is 29.6 Å². The van der Waals surface area contributed by atoms with Crippen molar-refractivity contribution in [3.63, 3.8) is 0 Å². The zero-order valence-electron chi connectivity index (χ0n) is 14.1. The highest BCUT2D eigenvalue weighted by molar-refractivity contribution is 5.92. The SMILES string of the molecule is CCN[C@H](C)CNC(=O)c1nn(-c2ccccc2)c(C)cc1=O.Cl. The number of amides is 1. The molecule has 2 aromatic rings. The van der Waals surface area contributed by atoms with E-state index in [1.54, 1.807) is 11.6 Å². The maximum Gasteiger partial charge on any atom is 0.275 e. The van der Waals surface area contributed by atoms with Gasteiger partial charge >= 0.3 is 0 Å². The third-order valence-corrected chi connectivity index (χ3v) is 3.44. The lowest BCUT2D eigenvalue weighted by atomic mass is 10.2. The number of rotatable bonds is 6. The van der Waals surface area contributed by atoms with Crippen molar-refractivity contribution in [2.24, 2.45) is 0 Å². The summed E-state index contributed by atoms with van der Waals surface area (Å²) < 4.78 is 1.60. The number of aryl methyl sites for hydroxylation is 1. The van der Waals surface area contributed by atoms with E-state index in [1.165, 1.54) is 6.07 Å². The summed E-state index contributed by atoms with van der Waals surface area (Å²) >= 11 is 0. The van der Waals surface area contributed by atoms with E-state index in [0.717, 1.165) is 12.2 Å².